The van der Waals surface area contributed by atoms with Crippen molar-refractivity contribution in [1.82, 2.24) is 14.8 Å². The Labute approximate surface area is 214 Å². The van der Waals surface area contributed by atoms with E-state index in [9.17, 15) is 14.0 Å². The number of benzene rings is 3. The number of aromatic amines is 1. The predicted octanol–water partition coefficient (Wildman–Crippen LogP) is 4.59. The number of carbonyl (C=O) groups is 2. The maximum atomic E-state index is 14.1. The minimum atomic E-state index is -1.16. The molecule has 2 aliphatic rings. The van der Waals surface area contributed by atoms with Gasteiger partial charge in [-0.15, -0.1) is 0 Å². The summed E-state index contributed by atoms with van der Waals surface area (Å²) < 4.78 is 19.0. The third kappa shape index (κ3) is 3.60. The highest BCUT2D eigenvalue weighted by atomic mass is 19.1. The lowest BCUT2D eigenvalue weighted by atomic mass is 9.76. The number of ether oxygens (including phenoxy) is 1. The Bertz CT molecular complexity index is 1510. The number of amides is 2. The van der Waals surface area contributed by atoms with Crippen LogP contribution < -0.4 is 4.74 Å². The van der Waals surface area contributed by atoms with Crippen LogP contribution in [0.3, 0.4) is 0 Å². The van der Waals surface area contributed by atoms with Gasteiger partial charge in [-0.1, -0.05) is 48.5 Å². The van der Waals surface area contributed by atoms with Gasteiger partial charge >= 0.3 is 0 Å². The van der Waals surface area contributed by atoms with Crippen LogP contribution in [0.15, 0.2) is 72.8 Å². The molecule has 3 heterocycles. The second kappa shape index (κ2) is 8.76. The fourth-order valence-electron chi connectivity index (χ4n) is 6.01. The fraction of sp³-hybridized carbons (Fsp3) is 0.267. The van der Waals surface area contributed by atoms with Crippen LogP contribution in [0.1, 0.15) is 35.2 Å². The molecule has 0 radical (unpaired) electrons. The predicted molar refractivity (Wildman–Crippen MR) is 139 cm³/mol. The van der Waals surface area contributed by atoms with Gasteiger partial charge in [0.15, 0.2) is 5.54 Å². The molecule has 0 bridgehead atoms. The number of fused-ring (bicyclic) bond motifs is 5. The number of para-hydroxylation sites is 2. The number of halogens is 1. The van der Waals surface area contributed by atoms with Crippen molar-refractivity contribution in [2.45, 2.75) is 24.8 Å². The SMILES string of the molecule is COc1ccccc1C1CN2C(=O)CN(CCc3ccc(F)cc3)C(=O)[C@]2(C)c2[nH]c3ccccc3c21. The Morgan fingerprint density at radius 2 is 1.76 bits per heavy atom. The Morgan fingerprint density at radius 1 is 1.03 bits per heavy atom. The maximum Gasteiger partial charge on any atom is 0.254 e. The number of hydrogen-bond acceptors (Lipinski definition) is 3. The summed E-state index contributed by atoms with van der Waals surface area (Å²) in [5, 5.41) is 1.04. The smallest absolute Gasteiger partial charge is 0.254 e. The molecule has 1 saturated heterocycles. The molecule has 1 unspecified atom stereocenters. The molecule has 1 aromatic heterocycles. The number of carbonyl (C=O) groups excluding carboxylic acids is 2. The average molecular weight is 498 g/mol. The van der Waals surface area contributed by atoms with Crippen molar-refractivity contribution in [3.05, 3.63) is 101 Å². The molecule has 0 aliphatic carbocycles. The number of rotatable bonds is 5. The van der Waals surface area contributed by atoms with Crippen molar-refractivity contribution >= 4 is 22.7 Å². The van der Waals surface area contributed by atoms with Crippen LogP contribution in [0.2, 0.25) is 0 Å². The van der Waals surface area contributed by atoms with Crippen LogP contribution in [0.25, 0.3) is 10.9 Å². The highest BCUT2D eigenvalue weighted by Gasteiger charge is 2.56. The lowest BCUT2D eigenvalue weighted by Crippen LogP contribution is -2.67. The summed E-state index contributed by atoms with van der Waals surface area (Å²) in [5.41, 5.74) is 3.45. The van der Waals surface area contributed by atoms with Crippen molar-refractivity contribution in [3.63, 3.8) is 0 Å². The Balaban J connectivity index is 1.45. The topological polar surface area (TPSA) is 65.6 Å². The number of hydrogen-bond donors (Lipinski definition) is 1. The van der Waals surface area contributed by atoms with Gasteiger partial charge in [-0.05, 0) is 48.7 Å². The zero-order valence-corrected chi connectivity index (χ0v) is 20.8. The summed E-state index contributed by atoms with van der Waals surface area (Å²) in [7, 11) is 1.65. The van der Waals surface area contributed by atoms with Crippen molar-refractivity contribution in [3.8, 4) is 5.75 Å². The van der Waals surface area contributed by atoms with Crippen molar-refractivity contribution in [2.24, 2.45) is 0 Å². The van der Waals surface area contributed by atoms with E-state index in [1.165, 1.54) is 12.1 Å². The lowest BCUT2D eigenvalue weighted by Gasteiger charge is -2.51. The Morgan fingerprint density at radius 3 is 2.54 bits per heavy atom. The van der Waals surface area contributed by atoms with Gasteiger partial charge in [0.25, 0.3) is 5.91 Å². The van der Waals surface area contributed by atoms with Crippen LogP contribution in [-0.4, -0.2) is 53.3 Å². The summed E-state index contributed by atoms with van der Waals surface area (Å²) in [5.74, 6) is 0.0992. The van der Waals surface area contributed by atoms with Gasteiger partial charge in [0, 0.05) is 35.5 Å². The van der Waals surface area contributed by atoms with E-state index in [1.54, 1.807) is 29.0 Å². The molecular weight excluding hydrogens is 469 g/mol. The number of nitrogens with zero attached hydrogens (tertiary/aromatic N) is 2. The summed E-state index contributed by atoms with van der Waals surface area (Å²) in [6.45, 7) is 2.63. The van der Waals surface area contributed by atoms with Crippen LogP contribution in [0, 0.1) is 5.82 Å². The van der Waals surface area contributed by atoms with Crippen LogP contribution in [0.4, 0.5) is 4.39 Å². The summed E-state index contributed by atoms with van der Waals surface area (Å²) >= 11 is 0. The van der Waals surface area contributed by atoms with E-state index in [1.807, 2.05) is 49.4 Å². The van der Waals surface area contributed by atoms with E-state index in [0.717, 1.165) is 39.0 Å². The first-order valence-corrected chi connectivity index (χ1v) is 12.5. The molecule has 3 aromatic carbocycles. The zero-order chi connectivity index (χ0) is 25.7. The highest BCUT2D eigenvalue weighted by molar-refractivity contribution is 6.01. The molecule has 1 fully saturated rings. The number of methoxy groups -OCH3 is 1. The zero-order valence-electron chi connectivity index (χ0n) is 20.8. The minimum absolute atomic E-state index is 0.0177. The maximum absolute atomic E-state index is 14.1. The number of nitrogens with one attached hydrogen (secondary N) is 1. The van der Waals surface area contributed by atoms with Crippen molar-refractivity contribution < 1.29 is 18.7 Å². The summed E-state index contributed by atoms with van der Waals surface area (Å²) in [6, 6.07) is 22.1. The van der Waals surface area contributed by atoms with Gasteiger partial charge < -0.3 is 19.5 Å². The van der Waals surface area contributed by atoms with Gasteiger partial charge in [0.05, 0.1) is 19.3 Å². The normalized spacial score (nSPS) is 21.2. The van der Waals surface area contributed by atoms with E-state index in [2.05, 4.69) is 11.1 Å². The molecule has 188 valence electrons. The van der Waals surface area contributed by atoms with Gasteiger partial charge in [0.2, 0.25) is 5.91 Å². The molecular formula is C30H28FN3O3. The first-order valence-electron chi connectivity index (χ1n) is 12.5. The average Bonchev–Trinajstić information content (AvgIpc) is 3.32. The fourth-order valence-corrected chi connectivity index (χ4v) is 6.01. The minimum Gasteiger partial charge on any atom is -0.496 e. The molecule has 2 aliphatic heterocycles. The molecule has 4 aromatic rings. The Hall–Kier alpha value is -4.13. The number of piperazine rings is 1. The first kappa shape index (κ1) is 23.3. The molecule has 2 atom stereocenters. The number of aromatic nitrogens is 1. The third-order valence-electron chi connectivity index (χ3n) is 7.92. The quantitative estimate of drug-likeness (QED) is 0.439. The lowest BCUT2D eigenvalue weighted by molar-refractivity contribution is -0.166. The first-order chi connectivity index (χ1) is 17.9. The Kier molecular flexibility index (Phi) is 5.51. The largest absolute Gasteiger partial charge is 0.496 e. The van der Waals surface area contributed by atoms with E-state index in [-0.39, 0.29) is 30.1 Å². The van der Waals surface area contributed by atoms with E-state index < -0.39 is 5.54 Å². The highest BCUT2D eigenvalue weighted by Crippen LogP contribution is 2.49. The molecule has 0 spiro atoms. The molecule has 37 heavy (non-hydrogen) atoms. The van der Waals surface area contributed by atoms with Crippen molar-refractivity contribution in [2.75, 3.05) is 26.7 Å². The van der Waals surface area contributed by atoms with Gasteiger partial charge in [-0.3, -0.25) is 9.59 Å². The molecule has 6 nitrogen and oxygen atoms in total. The van der Waals surface area contributed by atoms with Crippen LogP contribution in [-0.2, 0) is 21.5 Å². The molecule has 7 heteroatoms. The second-order valence-electron chi connectivity index (χ2n) is 9.93. The monoisotopic (exact) mass is 497 g/mol. The third-order valence-corrected chi connectivity index (χ3v) is 7.92. The molecule has 0 saturated carbocycles. The number of H-pyrrole nitrogens is 1. The summed E-state index contributed by atoms with van der Waals surface area (Å²) in [6.07, 6.45) is 0.540. The van der Waals surface area contributed by atoms with Gasteiger partial charge in [-0.2, -0.15) is 0 Å². The van der Waals surface area contributed by atoms with Gasteiger partial charge in [-0.25, -0.2) is 4.39 Å². The van der Waals surface area contributed by atoms with E-state index >= 15 is 0 Å². The standard InChI is InChI=1S/C30H28FN3O3/c1-30-28-27(22-8-3-5-9-24(22)32-28)23(21-7-4-6-10-25(21)37-2)17-34(30)26(35)18-33(29(30)36)16-15-19-11-13-20(31)14-12-19/h3-14,23,32H,15-18H2,1-2H3/t23?,30-/m0/s1. The van der Waals surface area contributed by atoms with Crippen LogP contribution in [0.5, 0.6) is 5.75 Å². The molecule has 1 N–H and O–H groups in total. The molecule has 2 amide bonds. The second-order valence-corrected chi connectivity index (χ2v) is 9.93. The van der Waals surface area contributed by atoms with E-state index in [0.29, 0.717) is 19.5 Å². The van der Waals surface area contributed by atoms with Crippen LogP contribution >= 0.6 is 0 Å². The van der Waals surface area contributed by atoms with Gasteiger partial charge in [0.1, 0.15) is 11.6 Å². The summed E-state index contributed by atoms with van der Waals surface area (Å²) in [4.78, 5) is 34.7. The van der Waals surface area contributed by atoms with E-state index in [4.69, 9.17) is 4.74 Å². The molecule has 6 rings (SSSR count). The van der Waals surface area contributed by atoms with Crippen molar-refractivity contribution in [1.29, 1.82) is 0 Å².